The molecule has 0 saturated heterocycles. The van der Waals surface area contributed by atoms with E-state index in [0.717, 1.165) is 11.6 Å². The molecule has 0 radical (unpaired) electrons. The van der Waals surface area contributed by atoms with Crippen LogP contribution in [0.25, 0.3) is 5.57 Å². The van der Waals surface area contributed by atoms with Crippen LogP contribution in [0.5, 0.6) is 11.5 Å². The van der Waals surface area contributed by atoms with Gasteiger partial charge in [-0.25, -0.2) is 13.6 Å². The average molecular weight is 551 g/mol. The maximum absolute atomic E-state index is 14.5. The van der Waals surface area contributed by atoms with Crippen molar-refractivity contribution >= 4 is 17.6 Å². The second kappa shape index (κ2) is 14.5. The number of alkyl carbamates (subject to hydrolysis) is 1. The Labute approximate surface area is 232 Å². The van der Waals surface area contributed by atoms with Gasteiger partial charge in [-0.3, -0.25) is 4.79 Å². The molecule has 1 N–H and O–H groups in total. The molecule has 0 aliphatic rings. The second-order valence-corrected chi connectivity index (χ2v) is 8.86. The van der Waals surface area contributed by atoms with Gasteiger partial charge in [0.15, 0.2) is 11.6 Å². The summed E-state index contributed by atoms with van der Waals surface area (Å²) < 4.78 is 44.5. The number of methoxy groups -OCH3 is 2. The van der Waals surface area contributed by atoms with E-state index in [9.17, 15) is 18.4 Å². The van der Waals surface area contributed by atoms with Gasteiger partial charge in [0.2, 0.25) is 5.91 Å². The summed E-state index contributed by atoms with van der Waals surface area (Å²) >= 11 is 0. The van der Waals surface area contributed by atoms with Crippen LogP contribution in [0.1, 0.15) is 23.1 Å². The minimum Gasteiger partial charge on any atom is -0.497 e. The summed E-state index contributed by atoms with van der Waals surface area (Å²) in [6, 6.07) is 16.9. The van der Waals surface area contributed by atoms with Gasteiger partial charge < -0.3 is 24.4 Å². The highest BCUT2D eigenvalue weighted by Gasteiger charge is 2.28. The van der Waals surface area contributed by atoms with E-state index in [-0.39, 0.29) is 37.3 Å². The first-order valence-corrected chi connectivity index (χ1v) is 12.5. The molecule has 9 heteroatoms. The van der Waals surface area contributed by atoms with Crippen molar-refractivity contribution in [1.82, 2.24) is 10.2 Å². The molecule has 0 heterocycles. The Kier molecular flexibility index (Phi) is 10.8. The number of amides is 2. The number of carbonyl (C=O) groups excluding carboxylic acids is 2. The molecule has 0 spiro atoms. The van der Waals surface area contributed by atoms with Crippen molar-refractivity contribution in [2.24, 2.45) is 0 Å². The van der Waals surface area contributed by atoms with Gasteiger partial charge in [-0.1, -0.05) is 55.1 Å². The van der Waals surface area contributed by atoms with Crippen LogP contribution in [0.2, 0.25) is 0 Å². The fourth-order valence-electron chi connectivity index (χ4n) is 4.01. The smallest absolute Gasteiger partial charge is 0.408 e. The van der Waals surface area contributed by atoms with Crippen LogP contribution in [0, 0.1) is 11.6 Å². The van der Waals surface area contributed by atoms with Crippen molar-refractivity contribution in [2.45, 2.75) is 25.6 Å². The molecular formula is C31H32F2N2O5. The zero-order chi connectivity index (χ0) is 29.1. The summed E-state index contributed by atoms with van der Waals surface area (Å²) in [7, 11) is 3.00. The summed E-state index contributed by atoms with van der Waals surface area (Å²) in [5, 5.41) is 2.60. The van der Waals surface area contributed by atoms with Gasteiger partial charge in [0, 0.05) is 30.3 Å². The van der Waals surface area contributed by atoms with E-state index in [2.05, 4.69) is 18.5 Å². The lowest BCUT2D eigenvalue weighted by Gasteiger charge is -2.29. The zero-order valence-corrected chi connectivity index (χ0v) is 22.5. The standard InChI is InChI=1S/C31H32F2N2O5/c1-5-10-27(34-31(37)40-20-22-11-7-6-8-12-22)30(36)35(18-21(2)25-13-9-14-26(32)29(25)33)19-23-15-16-24(38-3)17-28(23)39-4/h5-9,11-17,27H,1-2,10,18-20H2,3-4H3,(H,34,37). The minimum atomic E-state index is -1.06. The van der Waals surface area contributed by atoms with Crippen LogP contribution in [0.15, 0.2) is 86.0 Å². The summed E-state index contributed by atoms with van der Waals surface area (Å²) in [5.74, 6) is -1.59. The molecule has 1 unspecified atom stereocenters. The molecule has 0 fully saturated rings. The van der Waals surface area contributed by atoms with Crippen LogP contribution in [-0.4, -0.2) is 43.7 Å². The van der Waals surface area contributed by atoms with Gasteiger partial charge in [-0.15, -0.1) is 6.58 Å². The highest BCUT2D eigenvalue weighted by molar-refractivity contribution is 5.87. The summed E-state index contributed by atoms with van der Waals surface area (Å²) in [4.78, 5) is 27.8. The van der Waals surface area contributed by atoms with Crippen LogP contribution in [0.4, 0.5) is 13.6 Å². The second-order valence-electron chi connectivity index (χ2n) is 8.86. The lowest BCUT2D eigenvalue weighted by Crippen LogP contribution is -2.48. The van der Waals surface area contributed by atoms with E-state index in [4.69, 9.17) is 14.2 Å². The first kappa shape index (κ1) is 29.9. The lowest BCUT2D eigenvalue weighted by atomic mass is 10.0. The molecule has 3 aromatic carbocycles. The van der Waals surface area contributed by atoms with Crippen LogP contribution >= 0.6 is 0 Å². The third-order valence-corrected chi connectivity index (χ3v) is 6.09. The number of nitrogens with zero attached hydrogens (tertiary/aromatic N) is 1. The van der Waals surface area contributed by atoms with Crippen molar-refractivity contribution in [1.29, 1.82) is 0 Å². The van der Waals surface area contributed by atoms with Crippen molar-refractivity contribution in [3.05, 3.63) is 114 Å². The van der Waals surface area contributed by atoms with E-state index < -0.39 is 29.7 Å². The van der Waals surface area contributed by atoms with Gasteiger partial charge in [0.25, 0.3) is 0 Å². The van der Waals surface area contributed by atoms with E-state index in [0.29, 0.717) is 17.1 Å². The van der Waals surface area contributed by atoms with Gasteiger partial charge in [0.1, 0.15) is 24.1 Å². The summed E-state index contributed by atoms with van der Waals surface area (Å²) in [6.07, 6.45) is 0.796. The number of rotatable bonds is 13. The van der Waals surface area contributed by atoms with Crippen LogP contribution < -0.4 is 14.8 Å². The van der Waals surface area contributed by atoms with E-state index in [1.807, 2.05) is 18.2 Å². The number of halogens is 2. The lowest BCUT2D eigenvalue weighted by molar-refractivity contribution is -0.133. The van der Waals surface area contributed by atoms with E-state index in [1.54, 1.807) is 30.3 Å². The highest BCUT2D eigenvalue weighted by Crippen LogP contribution is 2.28. The first-order valence-electron chi connectivity index (χ1n) is 12.5. The quantitative estimate of drug-likeness (QED) is 0.269. The Bertz CT molecular complexity index is 1350. The summed E-state index contributed by atoms with van der Waals surface area (Å²) in [5.41, 5.74) is 1.51. The molecule has 210 valence electrons. The fraction of sp³-hybridized carbons (Fsp3) is 0.226. The van der Waals surface area contributed by atoms with Crippen molar-refractivity contribution in [2.75, 3.05) is 20.8 Å². The molecule has 3 aromatic rings. The minimum absolute atomic E-state index is 0.0103. The maximum Gasteiger partial charge on any atom is 0.408 e. The maximum atomic E-state index is 14.5. The average Bonchev–Trinajstić information content (AvgIpc) is 2.97. The van der Waals surface area contributed by atoms with Crippen molar-refractivity contribution in [3.8, 4) is 11.5 Å². The third-order valence-electron chi connectivity index (χ3n) is 6.09. The molecule has 0 saturated carbocycles. The predicted molar refractivity (Wildman–Crippen MR) is 149 cm³/mol. The molecule has 40 heavy (non-hydrogen) atoms. The first-order chi connectivity index (χ1) is 19.3. The fourth-order valence-corrected chi connectivity index (χ4v) is 4.01. The van der Waals surface area contributed by atoms with Crippen LogP contribution in [-0.2, 0) is 22.7 Å². The van der Waals surface area contributed by atoms with E-state index >= 15 is 0 Å². The molecule has 0 aliphatic carbocycles. The van der Waals surface area contributed by atoms with Crippen LogP contribution in [0.3, 0.4) is 0 Å². The number of hydrogen-bond donors (Lipinski definition) is 1. The van der Waals surface area contributed by atoms with Gasteiger partial charge >= 0.3 is 6.09 Å². The molecule has 0 bridgehead atoms. The number of hydrogen-bond acceptors (Lipinski definition) is 5. The molecular weight excluding hydrogens is 518 g/mol. The normalized spacial score (nSPS) is 11.2. The highest BCUT2D eigenvalue weighted by atomic mass is 19.2. The predicted octanol–water partition coefficient (Wildman–Crippen LogP) is 5.90. The van der Waals surface area contributed by atoms with Gasteiger partial charge in [-0.2, -0.15) is 0 Å². The Morgan fingerprint density at radius 3 is 2.45 bits per heavy atom. The summed E-state index contributed by atoms with van der Waals surface area (Å²) in [6.45, 7) is 7.47. The number of carbonyl (C=O) groups is 2. The zero-order valence-electron chi connectivity index (χ0n) is 22.5. The number of benzene rings is 3. The number of nitrogens with one attached hydrogen (secondary N) is 1. The molecule has 3 rings (SSSR count). The van der Waals surface area contributed by atoms with E-state index in [1.165, 1.54) is 37.3 Å². The largest absolute Gasteiger partial charge is 0.497 e. The number of ether oxygens (including phenoxy) is 3. The van der Waals surface area contributed by atoms with Gasteiger partial charge in [-0.05, 0) is 35.8 Å². The SMILES string of the molecule is C=CCC(NC(=O)OCc1ccccc1)C(=O)N(CC(=C)c1cccc(F)c1F)Cc1ccc(OC)cc1OC. The Hall–Kier alpha value is -4.66. The van der Waals surface area contributed by atoms with Crippen molar-refractivity contribution in [3.63, 3.8) is 0 Å². The molecule has 7 nitrogen and oxygen atoms in total. The molecule has 0 aliphatic heterocycles. The Balaban J connectivity index is 1.87. The van der Waals surface area contributed by atoms with Gasteiger partial charge in [0.05, 0.1) is 14.2 Å². The molecule has 2 amide bonds. The topological polar surface area (TPSA) is 77.1 Å². The van der Waals surface area contributed by atoms with Crippen molar-refractivity contribution < 1.29 is 32.6 Å². The monoisotopic (exact) mass is 550 g/mol. The Morgan fingerprint density at radius 2 is 1.77 bits per heavy atom. The molecule has 1 atom stereocenters. The Morgan fingerprint density at radius 1 is 1.02 bits per heavy atom. The third kappa shape index (κ3) is 7.92. The molecule has 0 aromatic heterocycles.